The second-order valence-corrected chi connectivity index (χ2v) is 5.51. The number of amides is 1. The van der Waals surface area contributed by atoms with Crippen molar-refractivity contribution in [1.82, 2.24) is 4.72 Å². The number of nitrogens with one attached hydrogen (secondary N) is 1. The number of nitrogens with two attached hydrogens (primary N) is 2. The third-order valence-electron chi connectivity index (χ3n) is 2.37. The zero-order valence-electron chi connectivity index (χ0n) is 9.93. The summed E-state index contributed by atoms with van der Waals surface area (Å²) in [5, 5.41) is 0. The van der Waals surface area contributed by atoms with E-state index in [2.05, 4.69) is 4.72 Å². The average molecular weight is 271 g/mol. The maximum Gasteiger partial charge on any atom is 0.240 e. The highest BCUT2D eigenvalue weighted by atomic mass is 32.2. The molecule has 0 aliphatic heterocycles. The largest absolute Gasteiger partial charge is 0.370 e. The topological polar surface area (TPSA) is 115 Å². The Morgan fingerprint density at radius 1 is 1.28 bits per heavy atom. The van der Waals surface area contributed by atoms with Gasteiger partial charge in [-0.05, 0) is 18.1 Å². The molecule has 0 atom stereocenters. The third kappa shape index (κ3) is 4.10. The first-order valence-corrected chi connectivity index (χ1v) is 7.01. The molecule has 0 saturated heterocycles. The second kappa shape index (κ2) is 6.48. The molecule has 0 radical (unpaired) electrons. The number of carbonyl (C=O) groups is 1. The minimum atomic E-state index is -3.58. The number of benzene rings is 1. The zero-order valence-corrected chi connectivity index (χ0v) is 10.7. The van der Waals surface area contributed by atoms with Crippen molar-refractivity contribution in [3.8, 4) is 0 Å². The molecule has 7 heteroatoms. The van der Waals surface area contributed by atoms with E-state index in [1.807, 2.05) is 0 Å². The van der Waals surface area contributed by atoms with Gasteiger partial charge in [-0.1, -0.05) is 18.2 Å². The lowest BCUT2D eigenvalue weighted by Crippen LogP contribution is -2.27. The van der Waals surface area contributed by atoms with Gasteiger partial charge in [-0.3, -0.25) is 4.79 Å². The summed E-state index contributed by atoms with van der Waals surface area (Å²) in [5.74, 6) is -0.448. The first-order valence-electron chi connectivity index (χ1n) is 5.53. The fourth-order valence-electron chi connectivity index (χ4n) is 1.48. The molecule has 1 aromatic carbocycles. The molecule has 0 unspecified atom stereocenters. The number of hydrogen-bond donors (Lipinski definition) is 3. The van der Waals surface area contributed by atoms with Crippen molar-refractivity contribution in [2.75, 3.05) is 6.54 Å². The van der Waals surface area contributed by atoms with Gasteiger partial charge >= 0.3 is 0 Å². The van der Waals surface area contributed by atoms with Crippen LogP contribution in [0.2, 0.25) is 0 Å². The second-order valence-electron chi connectivity index (χ2n) is 3.78. The van der Waals surface area contributed by atoms with Crippen molar-refractivity contribution in [3.63, 3.8) is 0 Å². The van der Waals surface area contributed by atoms with E-state index < -0.39 is 15.9 Å². The summed E-state index contributed by atoms with van der Waals surface area (Å²) in [5.41, 5.74) is 11.0. The van der Waals surface area contributed by atoms with Crippen molar-refractivity contribution in [3.05, 3.63) is 29.8 Å². The van der Waals surface area contributed by atoms with Gasteiger partial charge in [0.05, 0.1) is 4.90 Å². The molecule has 5 N–H and O–H groups in total. The van der Waals surface area contributed by atoms with Crippen molar-refractivity contribution >= 4 is 15.9 Å². The fraction of sp³-hybridized carbons (Fsp3) is 0.364. The number of carbonyl (C=O) groups excluding carboxylic acids is 1. The Balaban J connectivity index is 2.71. The van der Waals surface area contributed by atoms with Gasteiger partial charge in [0.25, 0.3) is 0 Å². The third-order valence-corrected chi connectivity index (χ3v) is 3.94. The molecule has 0 aromatic heterocycles. The van der Waals surface area contributed by atoms with E-state index in [0.29, 0.717) is 12.0 Å². The molecule has 1 rings (SSSR count). The number of primary amides is 1. The van der Waals surface area contributed by atoms with Gasteiger partial charge in [0, 0.05) is 19.5 Å². The Morgan fingerprint density at radius 2 is 1.94 bits per heavy atom. The summed E-state index contributed by atoms with van der Waals surface area (Å²) in [7, 11) is -3.58. The molecule has 100 valence electrons. The zero-order chi connectivity index (χ0) is 13.6. The van der Waals surface area contributed by atoms with Gasteiger partial charge in [0.1, 0.15) is 0 Å². The van der Waals surface area contributed by atoms with Crippen LogP contribution in [0, 0.1) is 0 Å². The van der Waals surface area contributed by atoms with Gasteiger partial charge in [-0.25, -0.2) is 13.1 Å². The quantitative estimate of drug-likeness (QED) is 0.590. The van der Waals surface area contributed by atoms with Crippen LogP contribution >= 0.6 is 0 Å². The maximum atomic E-state index is 12.0. The Labute approximate surface area is 106 Å². The SMILES string of the molecule is NCc1ccccc1S(=O)(=O)NCCCC(N)=O. The van der Waals surface area contributed by atoms with Crippen molar-refractivity contribution in [2.24, 2.45) is 11.5 Å². The molecular formula is C11H17N3O3S. The first kappa shape index (κ1) is 14.6. The summed E-state index contributed by atoms with van der Waals surface area (Å²) in [6.07, 6.45) is 0.528. The fourth-order valence-corrected chi connectivity index (χ4v) is 2.80. The van der Waals surface area contributed by atoms with Gasteiger partial charge in [0.2, 0.25) is 15.9 Å². The van der Waals surface area contributed by atoms with Crippen LogP contribution < -0.4 is 16.2 Å². The summed E-state index contributed by atoms with van der Waals surface area (Å²) in [4.78, 5) is 10.7. The minimum absolute atomic E-state index is 0.151. The summed E-state index contributed by atoms with van der Waals surface area (Å²) >= 11 is 0. The van der Waals surface area contributed by atoms with E-state index >= 15 is 0 Å². The smallest absolute Gasteiger partial charge is 0.240 e. The molecule has 0 aliphatic carbocycles. The van der Waals surface area contributed by atoms with Crippen molar-refractivity contribution < 1.29 is 13.2 Å². The maximum absolute atomic E-state index is 12.0. The lowest BCUT2D eigenvalue weighted by molar-refractivity contribution is -0.118. The van der Waals surface area contributed by atoms with Crippen LogP contribution in [-0.4, -0.2) is 20.9 Å². The van der Waals surface area contributed by atoms with Crippen LogP contribution in [0.4, 0.5) is 0 Å². The molecule has 0 heterocycles. The standard InChI is InChI=1S/C11H17N3O3S/c12-8-9-4-1-2-5-10(9)18(16,17)14-7-3-6-11(13)15/h1-2,4-5,14H,3,6-8,12H2,(H2,13,15). The van der Waals surface area contributed by atoms with Gasteiger partial charge in [-0.2, -0.15) is 0 Å². The molecule has 1 aromatic rings. The van der Waals surface area contributed by atoms with Crippen LogP contribution in [0.3, 0.4) is 0 Å². The number of sulfonamides is 1. The highest BCUT2D eigenvalue weighted by Gasteiger charge is 2.16. The summed E-state index contributed by atoms with van der Waals surface area (Å²) < 4.78 is 26.4. The minimum Gasteiger partial charge on any atom is -0.370 e. The van der Waals surface area contributed by atoms with E-state index in [1.165, 1.54) is 6.07 Å². The molecule has 0 aliphatic rings. The molecule has 18 heavy (non-hydrogen) atoms. The summed E-state index contributed by atoms with van der Waals surface area (Å²) in [6, 6.07) is 6.53. The van der Waals surface area contributed by atoms with Gasteiger partial charge < -0.3 is 11.5 Å². The predicted molar refractivity (Wildman–Crippen MR) is 68.0 cm³/mol. The van der Waals surface area contributed by atoms with Crippen LogP contribution in [0.1, 0.15) is 18.4 Å². The first-order chi connectivity index (χ1) is 8.47. The van der Waals surface area contributed by atoms with Crippen LogP contribution in [0.25, 0.3) is 0 Å². The average Bonchev–Trinajstić information content (AvgIpc) is 2.34. The Hall–Kier alpha value is -1.44. The summed E-state index contributed by atoms with van der Waals surface area (Å²) in [6.45, 7) is 0.322. The molecule has 0 fully saturated rings. The van der Waals surface area contributed by atoms with E-state index in [9.17, 15) is 13.2 Å². The van der Waals surface area contributed by atoms with E-state index in [-0.39, 0.29) is 24.4 Å². The van der Waals surface area contributed by atoms with Crippen LogP contribution in [0.5, 0.6) is 0 Å². The highest BCUT2D eigenvalue weighted by molar-refractivity contribution is 7.89. The molecule has 0 saturated carbocycles. The van der Waals surface area contributed by atoms with Gasteiger partial charge in [-0.15, -0.1) is 0 Å². The van der Waals surface area contributed by atoms with E-state index in [0.717, 1.165) is 0 Å². The number of rotatable bonds is 7. The predicted octanol–water partition coefficient (Wildman–Crippen LogP) is -0.311. The van der Waals surface area contributed by atoms with Crippen molar-refractivity contribution in [2.45, 2.75) is 24.3 Å². The van der Waals surface area contributed by atoms with Crippen LogP contribution in [0.15, 0.2) is 29.2 Å². The molecule has 0 spiro atoms. The highest BCUT2D eigenvalue weighted by Crippen LogP contribution is 2.14. The lowest BCUT2D eigenvalue weighted by atomic mass is 10.2. The Bertz CT molecular complexity index is 514. The van der Waals surface area contributed by atoms with E-state index in [1.54, 1.807) is 18.2 Å². The molecular weight excluding hydrogens is 254 g/mol. The van der Waals surface area contributed by atoms with E-state index in [4.69, 9.17) is 11.5 Å². The Morgan fingerprint density at radius 3 is 2.56 bits per heavy atom. The lowest BCUT2D eigenvalue weighted by Gasteiger charge is -2.09. The van der Waals surface area contributed by atoms with Crippen molar-refractivity contribution in [1.29, 1.82) is 0 Å². The normalized spacial score (nSPS) is 11.4. The molecule has 1 amide bonds. The van der Waals surface area contributed by atoms with Gasteiger partial charge in [0.15, 0.2) is 0 Å². The molecule has 0 bridgehead atoms. The van der Waals surface area contributed by atoms with Crippen LogP contribution in [-0.2, 0) is 21.4 Å². The Kier molecular flexibility index (Phi) is 5.26. The molecule has 6 nitrogen and oxygen atoms in total. The number of hydrogen-bond acceptors (Lipinski definition) is 4. The monoisotopic (exact) mass is 271 g/mol.